The van der Waals surface area contributed by atoms with Crippen molar-refractivity contribution in [1.82, 2.24) is 4.98 Å². The predicted molar refractivity (Wildman–Crippen MR) is 80.5 cm³/mol. The second kappa shape index (κ2) is 6.15. The number of hydrogen-bond acceptors (Lipinski definition) is 4. The molecule has 2 N–H and O–H groups in total. The Labute approximate surface area is 116 Å². The summed E-state index contributed by atoms with van der Waals surface area (Å²) in [6.45, 7) is 5.84. The molecular formula is C14H15N3OS. The maximum absolute atomic E-state index is 11.0. The summed E-state index contributed by atoms with van der Waals surface area (Å²) in [5.74, 6) is -0.0798. The molecule has 0 spiro atoms. The number of nitrogens with one attached hydrogen (secondary N) is 2. The Morgan fingerprint density at radius 1 is 1.53 bits per heavy atom. The summed E-state index contributed by atoms with van der Waals surface area (Å²) in [6, 6.07) is 7.64. The summed E-state index contributed by atoms with van der Waals surface area (Å²) >= 11 is 1.55. The first-order valence-corrected chi connectivity index (χ1v) is 6.75. The molecule has 0 radical (unpaired) electrons. The molecule has 2 aromatic rings. The van der Waals surface area contributed by atoms with Gasteiger partial charge in [0, 0.05) is 30.1 Å². The molecule has 0 saturated carbocycles. The van der Waals surface area contributed by atoms with E-state index in [1.807, 2.05) is 29.6 Å². The van der Waals surface area contributed by atoms with Gasteiger partial charge in [-0.1, -0.05) is 18.2 Å². The Kier molecular flexibility index (Phi) is 4.30. The SMILES string of the molecule is C=CCNc1nc(-c2cccc(NC(C)=O)c2)cs1. The smallest absolute Gasteiger partial charge is 0.221 e. The minimum absolute atomic E-state index is 0.0798. The summed E-state index contributed by atoms with van der Waals surface area (Å²) in [5.41, 5.74) is 2.65. The van der Waals surface area contributed by atoms with Crippen molar-refractivity contribution >= 4 is 28.1 Å². The standard InChI is InChI=1S/C14H15N3OS/c1-3-7-15-14-17-13(9-19-14)11-5-4-6-12(8-11)16-10(2)18/h3-6,8-9H,1,7H2,2H3,(H,15,17)(H,16,18). The summed E-state index contributed by atoms with van der Waals surface area (Å²) in [7, 11) is 0. The Morgan fingerprint density at radius 3 is 3.11 bits per heavy atom. The van der Waals surface area contributed by atoms with Crippen LogP contribution in [0.1, 0.15) is 6.92 Å². The first kappa shape index (κ1) is 13.3. The van der Waals surface area contributed by atoms with E-state index in [9.17, 15) is 4.79 Å². The zero-order chi connectivity index (χ0) is 13.7. The van der Waals surface area contributed by atoms with Crippen LogP contribution in [0.25, 0.3) is 11.3 Å². The van der Waals surface area contributed by atoms with E-state index in [1.54, 1.807) is 17.4 Å². The highest BCUT2D eigenvalue weighted by Crippen LogP contribution is 2.26. The van der Waals surface area contributed by atoms with Gasteiger partial charge in [0.25, 0.3) is 0 Å². The zero-order valence-corrected chi connectivity index (χ0v) is 11.5. The highest BCUT2D eigenvalue weighted by Gasteiger charge is 2.05. The average Bonchev–Trinajstić information content (AvgIpc) is 2.84. The highest BCUT2D eigenvalue weighted by molar-refractivity contribution is 7.14. The van der Waals surface area contributed by atoms with Gasteiger partial charge in [-0.2, -0.15) is 0 Å². The van der Waals surface area contributed by atoms with E-state index in [-0.39, 0.29) is 5.91 Å². The Bertz CT molecular complexity index is 592. The van der Waals surface area contributed by atoms with Crippen LogP contribution in [0, 0.1) is 0 Å². The maximum Gasteiger partial charge on any atom is 0.221 e. The lowest BCUT2D eigenvalue weighted by atomic mass is 10.1. The maximum atomic E-state index is 11.0. The molecule has 0 aliphatic heterocycles. The van der Waals surface area contributed by atoms with Crippen LogP contribution in [0.3, 0.4) is 0 Å². The third-order valence-electron chi connectivity index (χ3n) is 2.38. The molecule has 0 unspecified atom stereocenters. The molecule has 98 valence electrons. The number of thiazole rings is 1. The number of rotatable bonds is 5. The van der Waals surface area contributed by atoms with Gasteiger partial charge < -0.3 is 10.6 Å². The van der Waals surface area contributed by atoms with Crippen LogP contribution in [0.2, 0.25) is 0 Å². The number of carbonyl (C=O) groups excluding carboxylic acids is 1. The van der Waals surface area contributed by atoms with E-state index in [2.05, 4.69) is 22.2 Å². The fourth-order valence-electron chi connectivity index (χ4n) is 1.61. The molecule has 1 amide bonds. The van der Waals surface area contributed by atoms with E-state index in [0.29, 0.717) is 6.54 Å². The van der Waals surface area contributed by atoms with E-state index in [0.717, 1.165) is 22.1 Å². The summed E-state index contributed by atoms with van der Waals surface area (Å²) in [5, 5.41) is 8.76. The van der Waals surface area contributed by atoms with Gasteiger partial charge in [-0.15, -0.1) is 17.9 Å². The van der Waals surface area contributed by atoms with E-state index < -0.39 is 0 Å². The van der Waals surface area contributed by atoms with Gasteiger partial charge in [-0.25, -0.2) is 4.98 Å². The van der Waals surface area contributed by atoms with Crippen molar-refractivity contribution in [2.75, 3.05) is 17.2 Å². The predicted octanol–water partition coefficient (Wildman–Crippen LogP) is 3.37. The van der Waals surface area contributed by atoms with Crippen molar-refractivity contribution in [2.45, 2.75) is 6.92 Å². The summed E-state index contributed by atoms with van der Waals surface area (Å²) in [4.78, 5) is 15.5. The van der Waals surface area contributed by atoms with Gasteiger partial charge in [0.15, 0.2) is 5.13 Å². The molecular weight excluding hydrogens is 258 g/mol. The second-order valence-electron chi connectivity index (χ2n) is 3.97. The largest absolute Gasteiger partial charge is 0.358 e. The quantitative estimate of drug-likeness (QED) is 0.821. The topological polar surface area (TPSA) is 54.0 Å². The van der Waals surface area contributed by atoms with Crippen molar-refractivity contribution in [3.8, 4) is 11.3 Å². The van der Waals surface area contributed by atoms with Gasteiger partial charge in [0.1, 0.15) is 0 Å². The first-order chi connectivity index (χ1) is 9.19. The van der Waals surface area contributed by atoms with Crippen LogP contribution < -0.4 is 10.6 Å². The monoisotopic (exact) mass is 273 g/mol. The Balaban J connectivity index is 2.18. The molecule has 5 heteroatoms. The first-order valence-electron chi connectivity index (χ1n) is 5.87. The van der Waals surface area contributed by atoms with Crippen molar-refractivity contribution in [3.63, 3.8) is 0 Å². The van der Waals surface area contributed by atoms with Gasteiger partial charge in [0.2, 0.25) is 5.91 Å². The third kappa shape index (κ3) is 3.66. The second-order valence-corrected chi connectivity index (χ2v) is 4.83. The molecule has 0 aliphatic carbocycles. The zero-order valence-electron chi connectivity index (χ0n) is 10.6. The van der Waals surface area contributed by atoms with Crippen LogP contribution in [0.15, 0.2) is 42.3 Å². The number of amides is 1. The van der Waals surface area contributed by atoms with Gasteiger partial charge in [-0.3, -0.25) is 4.79 Å². The Morgan fingerprint density at radius 2 is 2.37 bits per heavy atom. The molecule has 0 saturated heterocycles. The molecule has 1 aromatic carbocycles. The molecule has 19 heavy (non-hydrogen) atoms. The van der Waals surface area contributed by atoms with E-state index in [4.69, 9.17) is 0 Å². The average molecular weight is 273 g/mol. The van der Waals surface area contributed by atoms with Crippen LogP contribution in [0.5, 0.6) is 0 Å². The van der Waals surface area contributed by atoms with E-state index in [1.165, 1.54) is 6.92 Å². The van der Waals surface area contributed by atoms with Crippen LogP contribution in [-0.2, 0) is 4.79 Å². The number of aromatic nitrogens is 1. The Hall–Kier alpha value is -2.14. The lowest BCUT2D eigenvalue weighted by molar-refractivity contribution is -0.114. The summed E-state index contributed by atoms with van der Waals surface area (Å²) in [6.07, 6.45) is 1.79. The van der Waals surface area contributed by atoms with E-state index >= 15 is 0 Å². The number of benzene rings is 1. The molecule has 1 heterocycles. The molecule has 0 fully saturated rings. The van der Waals surface area contributed by atoms with Gasteiger partial charge in [-0.05, 0) is 12.1 Å². The lowest BCUT2D eigenvalue weighted by Gasteiger charge is -2.03. The minimum Gasteiger partial charge on any atom is -0.358 e. The molecule has 0 bridgehead atoms. The molecule has 1 aromatic heterocycles. The number of nitrogens with zero attached hydrogens (tertiary/aromatic N) is 1. The van der Waals surface area contributed by atoms with Crippen molar-refractivity contribution in [3.05, 3.63) is 42.3 Å². The van der Waals surface area contributed by atoms with Crippen LogP contribution in [0.4, 0.5) is 10.8 Å². The lowest BCUT2D eigenvalue weighted by Crippen LogP contribution is -2.05. The van der Waals surface area contributed by atoms with Crippen molar-refractivity contribution in [1.29, 1.82) is 0 Å². The number of carbonyl (C=O) groups is 1. The third-order valence-corrected chi connectivity index (χ3v) is 3.18. The van der Waals surface area contributed by atoms with Crippen molar-refractivity contribution < 1.29 is 4.79 Å². The number of anilines is 2. The van der Waals surface area contributed by atoms with Gasteiger partial charge >= 0.3 is 0 Å². The summed E-state index contributed by atoms with van der Waals surface area (Å²) < 4.78 is 0. The normalized spacial score (nSPS) is 9.95. The van der Waals surface area contributed by atoms with Crippen LogP contribution >= 0.6 is 11.3 Å². The molecule has 0 aliphatic rings. The molecule has 0 atom stereocenters. The van der Waals surface area contributed by atoms with Crippen molar-refractivity contribution in [2.24, 2.45) is 0 Å². The fraction of sp³-hybridized carbons (Fsp3) is 0.143. The fourth-order valence-corrected chi connectivity index (χ4v) is 2.34. The highest BCUT2D eigenvalue weighted by atomic mass is 32.1. The molecule has 2 rings (SSSR count). The molecule has 4 nitrogen and oxygen atoms in total. The number of hydrogen-bond donors (Lipinski definition) is 2. The van der Waals surface area contributed by atoms with Gasteiger partial charge in [0.05, 0.1) is 5.69 Å². The minimum atomic E-state index is -0.0798. The van der Waals surface area contributed by atoms with Crippen LogP contribution in [-0.4, -0.2) is 17.4 Å².